The molecule has 1 aromatic carbocycles. The molecule has 0 radical (unpaired) electrons. The zero-order valence-electron chi connectivity index (χ0n) is 8.83. The standard InChI is InChI=1S/C12H12ClNO2/c1-7-4-11(14)9(5-10(7)13)12-3-2-8(6-15)16-12/h2-5,15H,6,14H2,1H3. The Labute approximate surface area is 98.5 Å². The maximum absolute atomic E-state index is 8.91. The molecular weight excluding hydrogens is 226 g/mol. The summed E-state index contributed by atoms with van der Waals surface area (Å²) in [6, 6.07) is 7.05. The van der Waals surface area contributed by atoms with Gasteiger partial charge in [-0.1, -0.05) is 11.6 Å². The molecule has 84 valence electrons. The fraction of sp³-hybridized carbons (Fsp3) is 0.167. The second kappa shape index (κ2) is 4.20. The highest BCUT2D eigenvalue weighted by Crippen LogP contribution is 2.32. The van der Waals surface area contributed by atoms with E-state index < -0.39 is 0 Å². The van der Waals surface area contributed by atoms with Crippen LogP contribution in [0.2, 0.25) is 5.02 Å². The Morgan fingerprint density at radius 3 is 2.75 bits per heavy atom. The van der Waals surface area contributed by atoms with Gasteiger partial charge in [-0.2, -0.15) is 0 Å². The third-order valence-corrected chi connectivity index (χ3v) is 2.82. The van der Waals surface area contributed by atoms with E-state index in [0.717, 1.165) is 11.1 Å². The highest BCUT2D eigenvalue weighted by Gasteiger charge is 2.10. The Morgan fingerprint density at radius 2 is 2.12 bits per heavy atom. The number of benzene rings is 1. The molecule has 0 aliphatic rings. The summed E-state index contributed by atoms with van der Waals surface area (Å²) in [7, 11) is 0. The first-order valence-electron chi connectivity index (χ1n) is 4.87. The number of rotatable bonds is 2. The molecule has 0 amide bonds. The van der Waals surface area contributed by atoms with Crippen LogP contribution in [0, 0.1) is 6.92 Å². The van der Waals surface area contributed by atoms with Crippen molar-refractivity contribution in [3.63, 3.8) is 0 Å². The minimum atomic E-state index is -0.125. The summed E-state index contributed by atoms with van der Waals surface area (Å²) in [6.07, 6.45) is 0. The molecule has 2 rings (SSSR count). The molecule has 4 heteroatoms. The Kier molecular flexibility index (Phi) is 2.90. The lowest BCUT2D eigenvalue weighted by Gasteiger charge is -2.05. The molecule has 0 unspecified atom stereocenters. The zero-order chi connectivity index (χ0) is 11.7. The van der Waals surface area contributed by atoms with Crippen molar-refractivity contribution in [2.75, 3.05) is 5.73 Å². The van der Waals surface area contributed by atoms with E-state index in [4.69, 9.17) is 26.9 Å². The molecule has 1 heterocycles. The van der Waals surface area contributed by atoms with E-state index >= 15 is 0 Å². The molecule has 0 spiro atoms. The molecule has 2 aromatic rings. The molecule has 1 aromatic heterocycles. The van der Waals surface area contributed by atoms with Crippen molar-refractivity contribution < 1.29 is 9.52 Å². The van der Waals surface area contributed by atoms with E-state index in [-0.39, 0.29) is 6.61 Å². The summed E-state index contributed by atoms with van der Waals surface area (Å²) in [5.41, 5.74) is 8.18. The molecule has 3 nitrogen and oxygen atoms in total. The van der Waals surface area contributed by atoms with Gasteiger partial charge in [-0.3, -0.25) is 0 Å². The summed E-state index contributed by atoms with van der Waals surface area (Å²) in [5.74, 6) is 1.12. The highest BCUT2D eigenvalue weighted by molar-refractivity contribution is 6.31. The largest absolute Gasteiger partial charge is 0.459 e. The van der Waals surface area contributed by atoms with Gasteiger partial charge in [0.2, 0.25) is 0 Å². The van der Waals surface area contributed by atoms with Gasteiger partial charge in [-0.15, -0.1) is 0 Å². The van der Waals surface area contributed by atoms with Crippen LogP contribution in [0.1, 0.15) is 11.3 Å². The molecule has 3 N–H and O–H groups in total. The van der Waals surface area contributed by atoms with Crippen molar-refractivity contribution >= 4 is 17.3 Å². The van der Waals surface area contributed by atoms with Crippen LogP contribution in [-0.2, 0) is 6.61 Å². The predicted molar refractivity (Wildman–Crippen MR) is 64.2 cm³/mol. The number of anilines is 1. The summed E-state index contributed by atoms with van der Waals surface area (Å²) < 4.78 is 5.41. The molecule has 0 aliphatic heterocycles. The van der Waals surface area contributed by atoms with Crippen molar-refractivity contribution in [3.8, 4) is 11.3 Å². The molecular formula is C12H12ClNO2. The van der Waals surface area contributed by atoms with Crippen LogP contribution in [0.15, 0.2) is 28.7 Å². The van der Waals surface area contributed by atoms with Crippen LogP contribution in [0.5, 0.6) is 0 Å². The minimum Gasteiger partial charge on any atom is -0.459 e. The number of hydrogen-bond acceptors (Lipinski definition) is 3. The van der Waals surface area contributed by atoms with Crippen LogP contribution < -0.4 is 5.73 Å². The fourth-order valence-corrected chi connectivity index (χ4v) is 1.69. The van der Waals surface area contributed by atoms with Gasteiger partial charge in [0.05, 0.1) is 0 Å². The van der Waals surface area contributed by atoms with Gasteiger partial charge in [0, 0.05) is 16.3 Å². The van der Waals surface area contributed by atoms with Crippen LogP contribution >= 0.6 is 11.6 Å². The normalized spacial score (nSPS) is 10.7. The van der Waals surface area contributed by atoms with Crippen LogP contribution in [0.4, 0.5) is 5.69 Å². The lowest BCUT2D eigenvalue weighted by Crippen LogP contribution is -1.91. The number of nitrogens with two attached hydrogens (primary N) is 1. The predicted octanol–water partition coefficient (Wildman–Crippen LogP) is 2.98. The average Bonchev–Trinajstić information content (AvgIpc) is 2.71. The van der Waals surface area contributed by atoms with Crippen molar-refractivity contribution in [3.05, 3.63) is 40.6 Å². The molecule has 0 fully saturated rings. The average molecular weight is 238 g/mol. The number of nitrogen functional groups attached to an aromatic ring is 1. The molecule has 0 atom stereocenters. The number of aryl methyl sites for hydroxylation is 1. The minimum absolute atomic E-state index is 0.125. The Balaban J connectivity index is 2.51. The molecule has 0 saturated carbocycles. The number of aliphatic hydroxyl groups is 1. The third-order valence-electron chi connectivity index (χ3n) is 2.41. The Hall–Kier alpha value is -1.45. The monoisotopic (exact) mass is 237 g/mol. The number of aliphatic hydroxyl groups excluding tert-OH is 1. The van der Waals surface area contributed by atoms with Crippen LogP contribution in [0.25, 0.3) is 11.3 Å². The third kappa shape index (κ3) is 1.92. The summed E-state index contributed by atoms with van der Waals surface area (Å²) >= 11 is 6.03. The SMILES string of the molecule is Cc1cc(N)c(-c2ccc(CO)o2)cc1Cl. The van der Waals surface area contributed by atoms with E-state index in [2.05, 4.69) is 0 Å². The van der Waals surface area contributed by atoms with E-state index in [1.807, 2.05) is 6.92 Å². The van der Waals surface area contributed by atoms with Crippen LogP contribution in [-0.4, -0.2) is 5.11 Å². The van der Waals surface area contributed by atoms with Gasteiger partial charge in [0.15, 0.2) is 0 Å². The summed E-state index contributed by atoms with van der Waals surface area (Å²) in [5, 5.41) is 9.56. The summed E-state index contributed by atoms with van der Waals surface area (Å²) in [6.45, 7) is 1.77. The highest BCUT2D eigenvalue weighted by atomic mass is 35.5. The Morgan fingerprint density at radius 1 is 1.38 bits per heavy atom. The van der Waals surface area contributed by atoms with Gasteiger partial charge < -0.3 is 15.3 Å². The van der Waals surface area contributed by atoms with Gasteiger partial charge in [-0.05, 0) is 36.8 Å². The number of hydrogen-bond donors (Lipinski definition) is 2. The lowest BCUT2D eigenvalue weighted by molar-refractivity contribution is 0.248. The van der Waals surface area contributed by atoms with Crippen molar-refractivity contribution in [1.82, 2.24) is 0 Å². The first-order chi connectivity index (χ1) is 7.61. The quantitative estimate of drug-likeness (QED) is 0.790. The van der Waals surface area contributed by atoms with Crippen molar-refractivity contribution in [1.29, 1.82) is 0 Å². The van der Waals surface area contributed by atoms with Gasteiger partial charge >= 0.3 is 0 Å². The van der Waals surface area contributed by atoms with E-state index in [1.165, 1.54) is 0 Å². The second-order valence-electron chi connectivity index (χ2n) is 3.61. The Bertz CT molecular complexity index is 520. The first-order valence-corrected chi connectivity index (χ1v) is 5.25. The van der Waals surface area contributed by atoms with Crippen molar-refractivity contribution in [2.24, 2.45) is 0 Å². The molecule has 0 bridgehead atoms. The first kappa shape index (κ1) is 11.0. The van der Waals surface area contributed by atoms with E-state index in [0.29, 0.717) is 22.2 Å². The van der Waals surface area contributed by atoms with Crippen molar-refractivity contribution in [2.45, 2.75) is 13.5 Å². The zero-order valence-corrected chi connectivity index (χ0v) is 9.58. The molecule has 16 heavy (non-hydrogen) atoms. The summed E-state index contributed by atoms with van der Waals surface area (Å²) in [4.78, 5) is 0. The smallest absolute Gasteiger partial charge is 0.136 e. The maximum Gasteiger partial charge on any atom is 0.136 e. The van der Waals surface area contributed by atoms with Gasteiger partial charge in [0.1, 0.15) is 18.1 Å². The number of halogens is 1. The second-order valence-corrected chi connectivity index (χ2v) is 4.02. The maximum atomic E-state index is 8.91. The van der Waals surface area contributed by atoms with E-state index in [9.17, 15) is 0 Å². The fourth-order valence-electron chi connectivity index (χ4n) is 1.52. The van der Waals surface area contributed by atoms with E-state index in [1.54, 1.807) is 24.3 Å². The lowest BCUT2D eigenvalue weighted by atomic mass is 10.1. The number of furan rings is 1. The molecule has 0 aliphatic carbocycles. The topological polar surface area (TPSA) is 59.4 Å². The van der Waals surface area contributed by atoms with Crippen LogP contribution in [0.3, 0.4) is 0 Å². The molecule has 0 saturated heterocycles. The van der Waals surface area contributed by atoms with Gasteiger partial charge in [-0.25, -0.2) is 0 Å². The van der Waals surface area contributed by atoms with Gasteiger partial charge in [0.25, 0.3) is 0 Å².